The number of alkyl carbamates (subject to hydrolysis) is 1. The highest BCUT2D eigenvalue weighted by Gasteiger charge is 2.38. The van der Waals surface area contributed by atoms with Gasteiger partial charge in [0.15, 0.2) is 0 Å². The van der Waals surface area contributed by atoms with Crippen molar-refractivity contribution in [3.05, 3.63) is 35.9 Å². The highest BCUT2D eigenvalue weighted by molar-refractivity contribution is 5.90. The molecule has 0 spiro atoms. The number of rotatable bonds is 22. The molecule has 1 aromatic rings. The van der Waals surface area contributed by atoms with Gasteiger partial charge in [-0.25, -0.2) is 4.79 Å². The third-order valence-corrected chi connectivity index (χ3v) is 8.61. The molecule has 11 nitrogen and oxygen atoms in total. The number of hydrogen-bond donors (Lipinski definition) is 3. The average molecular weight is 649 g/mol. The number of hydrogen-bond acceptors (Lipinski definition) is 7. The third kappa shape index (κ3) is 14.1. The van der Waals surface area contributed by atoms with E-state index >= 15 is 0 Å². The Bertz CT molecular complexity index is 1050. The van der Waals surface area contributed by atoms with Gasteiger partial charge in [0, 0.05) is 20.7 Å². The lowest BCUT2D eigenvalue weighted by atomic mass is 9.90. The van der Waals surface area contributed by atoms with Crippen LogP contribution in [0.3, 0.4) is 0 Å². The van der Waals surface area contributed by atoms with Crippen LogP contribution < -0.4 is 10.6 Å². The Morgan fingerprint density at radius 1 is 0.913 bits per heavy atom. The van der Waals surface area contributed by atoms with Crippen molar-refractivity contribution in [3.63, 3.8) is 0 Å². The summed E-state index contributed by atoms with van der Waals surface area (Å²) in [5, 5.41) is 15.3. The number of carboxylic acids is 1. The fourth-order valence-corrected chi connectivity index (χ4v) is 5.83. The summed E-state index contributed by atoms with van der Waals surface area (Å²) in [6.07, 6.45) is 3.01. The lowest BCUT2D eigenvalue weighted by molar-refractivity contribution is -0.148. The zero-order valence-corrected chi connectivity index (χ0v) is 29.6. The largest absolute Gasteiger partial charge is 0.481 e. The number of nitrogens with zero attached hydrogens (tertiary/aromatic N) is 2. The van der Waals surface area contributed by atoms with Crippen molar-refractivity contribution in [2.24, 2.45) is 17.8 Å². The SMILES string of the molecule is CCC(C)C(C(CC(=O)O)OC)N(C)C(=O)C(NC(=O)C(C(C)C)N(C)CCCCCCNC(=O)OCc1ccccc1)C(C)C. The number of nitrogens with one attached hydrogen (secondary N) is 2. The van der Waals surface area contributed by atoms with Gasteiger partial charge in [0.25, 0.3) is 0 Å². The van der Waals surface area contributed by atoms with Crippen molar-refractivity contribution >= 4 is 23.9 Å². The molecule has 0 heterocycles. The van der Waals surface area contributed by atoms with Crippen molar-refractivity contribution in [1.29, 1.82) is 0 Å². The predicted octanol–water partition coefficient (Wildman–Crippen LogP) is 4.93. The lowest BCUT2D eigenvalue weighted by Gasteiger charge is -2.40. The zero-order valence-electron chi connectivity index (χ0n) is 29.6. The van der Waals surface area contributed by atoms with Crippen molar-refractivity contribution in [2.45, 2.75) is 111 Å². The number of carbonyl (C=O) groups is 4. The van der Waals surface area contributed by atoms with E-state index in [1.165, 1.54) is 7.11 Å². The highest BCUT2D eigenvalue weighted by atomic mass is 16.5. The second-order valence-corrected chi connectivity index (χ2v) is 13.0. The van der Waals surface area contributed by atoms with Gasteiger partial charge in [-0.05, 0) is 49.8 Å². The van der Waals surface area contributed by atoms with Crippen LogP contribution in [0.1, 0.15) is 85.6 Å². The molecule has 3 N–H and O–H groups in total. The van der Waals surface area contributed by atoms with Crippen LogP contribution in [0.25, 0.3) is 0 Å². The molecule has 0 fully saturated rings. The summed E-state index contributed by atoms with van der Waals surface area (Å²) in [6, 6.07) is 7.88. The number of unbranched alkanes of at least 4 members (excludes halogenated alkanes) is 3. The Morgan fingerprint density at radius 2 is 1.54 bits per heavy atom. The predicted molar refractivity (Wildman–Crippen MR) is 180 cm³/mol. The Balaban J connectivity index is 2.68. The van der Waals surface area contributed by atoms with Gasteiger partial charge < -0.3 is 30.1 Å². The van der Waals surface area contributed by atoms with Crippen LogP contribution in [0.15, 0.2) is 30.3 Å². The summed E-state index contributed by atoms with van der Waals surface area (Å²) in [5.41, 5.74) is 0.942. The number of carbonyl (C=O) groups excluding carboxylic acids is 3. The normalized spacial score (nSPS) is 14.8. The maximum atomic E-state index is 13.9. The summed E-state index contributed by atoms with van der Waals surface area (Å²) in [5.74, 6) is -1.64. The van der Waals surface area contributed by atoms with Crippen LogP contribution in [-0.4, -0.2) is 97.3 Å². The van der Waals surface area contributed by atoms with E-state index in [2.05, 4.69) is 10.6 Å². The van der Waals surface area contributed by atoms with Gasteiger partial charge in [-0.15, -0.1) is 0 Å². The molecule has 5 atom stereocenters. The molecular formula is C35H60N4O7. The molecule has 0 saturated heterocycles. The topological polar surface area (TPSA) is 138 Å². The van der Waals surface area contributed by atoms with Gasteiger partial charge >= 0.3 is 12.1 Å². The summed E-state index contributed by atoms with van der Waals surface area (Å²) < 4.78 is 10.8. The number of ether oxygens (including phenoxy) is 2. The Kier molecular flexibility index (Phi) is 19.2. The Morgan fingerprint density at radius 3 is 2.09 bits per heavy atom. The summed E-state index contributed by atoms with van der Waals surface area (Å²) in [6.45, 7) is 13.2. The van der Waals surface area contributed by atoms with E-state index < -0.39 is 36.3 Å². The number of amides is 3. The molecule has 0 aromatic heterocycles. The Hall–Kier alpha value is -3.18. The van der Waals surface area contributed by atoms with Crippen molar-refractivity contribution in [3.8, 4) is 0 Å². The molecule has 0 radical (unpaired) electrons. The Labute approximate surface area is 276 Å². The molecule has 0 bridgehead atoms. The van der Waals surface area contributed by atoms with Gasteiger partial charge in [-0.3, -0.25) is 19.3 Å². The first-order chi connectivity index (χ1) is 21.7. The van der Waals surface area contributed by atoms with E-state index in [1.807, 2.05) is 83.8 Å². The monoisotopic (exact) mass is 648 g/mol. The smallest absolute Gasteiger partial charge is 0.407 e. The van der Waals surface area contributed by atoms with Crippen LogP contribution in [0.5, 0.6) is 0 Å². The summed E-state index contributed by atoms with van der Waals surface area (Å²) >= 11 is 0. The first-order valence-electron chi connectivity index (χ1n) is 16.7. The molecule has 46 heavy (non-hydrogen) atoms. The maximum Gasteiger partial charge on any atom is 0.407 e. The van der Waals surface area contributed by atoms with Crippen LogP contribution in [0.4, 0.5) is 4.79 Å². The minimum Gasteiger partial charge on any atom is -0.481 e. The minimum atomic E-state index is -0.992. The summed E-state index contributed by atoms with van der Waals surface area (Å²) in [7, 11) is 5.07. The van der Waals surface area contributed by atoms with Crippen molar-refractivity contribution in [2.75, 3.05) is 34.3 Å². The van der Waals surface area contributed by atoms with Gasteiger partial charge in [0.05, 0.1) is 24.6 Å². The maximum absolute atomic E-state index is 13.9. The molecular weight excluding hydrogens is 588 g/mol. The van der Waals surface area contributed by atoms with Crippen LogP contribution in [0, 0.1) is 17.8 Å². The number of likely N-dealkylation sites (N-methyl/N-ethyl adjacent to an activating group) is 2. The van der Waals surface area contributed by atoms with Crippen molar-refractivity contribution < 1.29 is 33.8 Å². The molecule has 0 aliphatic carbocycles. The van der Waals surface area contributed by atoms with E-state index in [0.29, 0.717) is 13.1 Å². The van der Waals surface area contributed by atoms with Gasteiger partial charge in [0.2, 0.25) is 11.8 Å². The fraction of sp³-hybridized carbons (Fsp3) is 0.714. The van der Waals surface area contributed by atoms with Crippen LogP contribution in [-0.2, 0) is 30.5 Å². The zero-order chi connectivity index (χ0) is 34.8. The molecule has 0 aliphatic rings. The quantitative estimate of drug-likeness (QED) is 0.151. The van der Waals surface area contributed by atoms with E-state index in [9.17, 15) is 24.3 Å². The lowest BCUT2D eigenvalue weighted by Crippen LogP contribution is -2.59. The van der Waals surface area contributed by atoms with Crippen LogP contribution in [0.2, 0.25) is 0 Å². The molecule has 1 rings (SSSR count). The first kappa shape index (κ1) is 40.8. The van der Waals surface area contributed by atoms with E-state index in [0.717, 1.165) is 37.7 Å². The van der Waals surface area contributed by atoms with Crippen LogP contribution >= 0.6 is 0 Å². The number of aliphatic carboxylic acids is 1. The highest BCUT2D eigenvalue weighted by Crippen LogP contribution is 2.23. The molecule has 11 heteroatoms. The second kappa shape index (κ2) is 21.6. The molecule has 3 amide bonds. The molecule has 0 saturated carbocycles. The minimum absolute atomic E-state index is 0.0121. The third-order valence-electron chi connectivity index (χ3n) is 8.61. The summed E-state index contributed by atoms with van der Waals surface area (Å²) in [4.78, 5) is 54.6. The van der Waals surface area contributed by atoms with E-state index in [-0.39, 0.29) is 42.6 Å². The van der Waals surface area contributed by atoms with E-state index in [1.54, 1.807) is 11.9 Å². The average Bonchev–Trinajstić information content (AvgIpc) is 3.01. The molecule has 0 aliphatic heterocycles. The van der Waals surface area contributed by atoms with Crippen molar-refractivity contribution in [1.82, 2.24) is 20.4 Å². The first-order valence-corrected chi connectivity index (χ1v) is 16.7. The van der Waals surface area contributed by atoms with Gasteiger partial charge in [-0.2, -0.15) is 0 Å². The molecule has 5 unspecified atom stereocenters. The van der Waals surface area contributed by atoms with Gasteiger partial charge in [-0.1, -0.05) is 91.1 Å². The number of benzene rings is 1. The number of carboxylic acid groups (broad SMARTS) is 1. The standard InChI is InChI=1S/C35H60N4O7/c1-10-26(6)32(28(45-9)22-29(40)41)39(8)34(43)30(24(2)3)37-33(42)31(25(4)5)38(7)21-17-12-11-16-20-36-35(44)46-23-27-18-14-13-15-19-27/h13-15,18-19,24-26,28,30-32H,10-12,16-17,20-23H2,1-9H3,(H,36,44)(H,37,42)(H,40,41). The van der Waals surface area contributed by atoms with E-state index in [4.69, 9.17) is 9.47 Å². The second-order valence-electron chi connectivity index (χ2n) is 13.0. The van der Waals surface area contributed by atoms with Gasteiger partial charge in [0.1, 0.15) is 12.6 Å². The number of methoxy groups -OCH3 is 1. The fourth-order valence-electron chi connectivity index (χ4n) is 5.83. The molecule has 262 valence electrons. The molecule has 1 aromatic carbocycles.